The minimum absolute atomic E-state index is 0.0789. The van der Waals surface area contributed by atoms with Crippen LogP contribution in [-0.4, -0.2) is 18.4 Å². The topological polar surface area (TPSA) is 58.2 Å². The van der Waals surface area contributed by atoms with Gasteiger partial charge in [0.05, 0.1) is 5.92 Å². The Morgan fingerprint density at radius 1 is 1.50 bits per heavy atom. The predicted molar refractivity (Wildman–Crippen MR) is 61.1 cm³/mol. The summed E-state index contributed by atoms with van der Waals surface area (Å²) in [6.45, 7) is 2.45. The predicted octanol–water partition coefficient (Wildman–Crippen LogP) is 1.25. The molecular weight excluding hydrogens is 204 g/mol. The molecule has 0 bridgehead atoms. The Morgan fingerprint density at radius 2 is 2.25 bits per heavy atom. The van der Waals surface area contributed by atoms with Crippen LogP contribution >= 0.6 is 0 Å². The van der Waals surface area contributed by atoms with Crippen molar-refractivity contribution >= 4 is 17.5 Å². The molecule has 84 valence electrons. The fourth-order valence-electron chi connectivity index (χ4n) is 1.94. The maximum atomic E-state index is 11.8. The summed E-state index contributed by atoms with van der Waals surface area (Å²) < 4.78 is 0. The minimum atomic E-state index is -0.357. The van der Waals surface area contributed by atoms with Gasteiger partial charge >= 0.3 is 0 Å². The van der Waals surface area contributed by atoms with Gasteiger partial charge in [0, 0.05) is 18.7 Å². The van der Waals surface area contributed by atoms with Gasteiger partial charge in [0.15, 0.2) is 0 Å². The third-order valence-electron chi connectivity index (χ3n) is 2.67. The summed E-state index contributed by atoms with van der Waals surface area (Å²) in [7, 11) is 0. The van der Waals surface area contributed by atoms with Gasteiger partial charge in [-0.25, -0.2) is 0 Å². The number of benzene rings is 1. The lowest BCUT2D eigenvalue weighted by atomic mass is 9.90. The maximum Gasteiger partial charge on any atom is 0.228 e. The molecule has 1 aromatic rings. The molecule has 1 atom stereocenters. The van der Waals surface area contributed by atoms with E-state index in [2.05, 4.69) is 10.6 Å². The van der Waals surface area contributed by atoms with Crippen molar-refractivity contribution in [3.8, 4) is 0 Å². The molecule has 0 saturated heterocycles. The van der Waals surface area contributed by atoms with Gasteiger partial charge in [0.2, 0.25) is 11.8 Å². The van der Waals surface area contributed by atoms with Crippen molar-refractivity contribution in [2.45, 2.75) is 19.3 Å². The zero-order chi connectivity index (χ0) is 11.5. The van der Waals surface area contributed by atoms with E-state index in [0.717, 1.165) is 11.3 Å². The van der Waals surface area contributed by atoms with Gasteiger partial charge in [0.1, 0.15) is 0 Å². The first-order chi connectivity index (χ1) is 7.72. The van der Waals surface area contributed by atoms with Crippen LogP contribution in [0, 0.1) is 0 Å². The van der Waals surface area contributed by atoms with E-state index in [1.807, 2.05) is 31.2 Å². The highest BCUT2D eigenvalue weighted by Crippen LogP contribution is 2.31. The highest BCUT2D eigenvalue weighted by molar-refractivity contribution is 6.01. The van der Waals surface area contributed by atoms with E-state index in [1.165, 1.54) is 0 Å². The molecule has 0 aliphatic carbocycles. The standard InChI is InChI=1S/C12H14N2O2/c1-2-13-12(16)9-7-11(15)14-10-6-4-3-5-8(9)10/h3-6,9H,2,7H2,1H3,(H,13,16)(H,14,15). The summed E-state index contributed by atoms with van der Waals surface area (Å²) in [5.41, 5.74) is 1.64. The molecule has 0 aromatic heterocycles. The molecular formula is C12H14N2O2. The molecule has 0 spiro atoms. The molecule has 0 radical (unpaired) electrons. The van der Waals surface area contributed by atoms with Crippen molar-refractivity contribution in [2.24, 2.45) is 0 Å². The molecule has 4 nitrogen and oxygen atoms in total. The van der Waals surface area contributed by atoms with Crippen LogP contribution in [0.1, 0.15) is 24.8 Å². The molecule has 1 aliphatic rings. The van der Waals surface area contributed by atoms with Crippen LogP contribution in [-0.2, 0) is 9.59 Å². The second-order valence-corrected chi connectivity index (χ2v) is 3.79. The van der Waals surface area contributed by atoms with E-state index in [-0.39, 0.29) is 24.2 Å². The summed E-state index contributed by atoms with van der Waals surface area (Å²) in [5, 5.41) is 5.53. The van der Waals surface area contributed by atoms with Crippen molar-refractivity contribution in [1.29, 1.82) is 0 Å². The number of likely N-dealkylation sites (N-methyl/N-ethyl adjacent to an activating group) is 1. The first-order valence-electron chi connectivity index (χ1n) is 5.39. The average molecular weight is 218 g/mol. The quantitative estimate of drug-likeness (QED) is 0.784. The van der Waals surface area contributed by atoms with E-state index in [1.54, 1.807) is 0 Å². The highest BCUT2D eigenvalue weighted by atomic mass is 16.2. The van der Waals surface area contributed by atoms with E-state index < -0.39 is 0 Å². The number of amides is 2. The number of para-hydroxylation sites is 1. The van der Waals surface area contributed by atoms with Crippen LogP contribution in [0.4, 0.5) is 5.69 Å². The van der Waals surface area contributed by atoms with Crippen LogP contribution in [0.2, 0.25) is 0 Å². The summed E-state index contributed by atoms with van der Waals surface area (Å²) in [6, 6.07) is 7.43. The largest absolute Gasteiger partial charge is 0.356 e. The molecule has 2 rings (SSSR count). The van der Waals surface area contributed by atoms with E-state index >= 15 is 0 Å². The van der Waals surface area contributed by atoms with Crippen molar-refractivity contribution in [3.63, 3.8) is 0 Å². The lowest BCUT2D eigenvalue weighted by molar-refractivity contribution is -0.126. The van der Waals surface area contributed by atoms with Crippen LogP contribution in [0.3, 0.4) is 0 Å². The SMILES string of the molecule is CCNC(=O)C1CC(=O)Nc2ccccc21. The second-order valence-electron chi connectivity index (χ2n) is 3.79. The van der Waals surface area contributed by atoms with Crippen LogP contribution < -0.4 is 10.6 Å². The highest BCUT2D eigenvalue weighted by Gasteiger charge is 2.29. The fraction of sp³-hybridized carbons (Fsp3) is 0.333. The van der Waals surface area contributed by atoms with E-state index in [4.69, 9.17) is 0 Å². The lowest BCUT2D eigenvalue weighted by Crippen LogP contribution is -2.34. The molecule has 1 aliphatic heterocycles. The Kier molecular flexibility index (Phi) is 2.90. The first kappa shape index (κ1) is 10.7. The third kappa shape index (κ3) is 1.91. The first-order valence-corrected chi connectivity index (χ1v) is 5.39. The summed E-state index contributed by atoms with van der Waals surface area (Å²) in [6.07, 6.45) is 0.225. The zero-order valence-corrected chi connectivity index (χ0v) is 9.12. The van der Waals surface area contributed by atoms with Crippen LogP contribution in [0.15, 0.2) is 24.3 Å². The van der Waals surface area contributed by atoms with Gasteiger partial charge in [-0.05, 0) is 18.6 Å². The summed E-state index contributed by atoms with van der Waals surface area (Å²) in [5.74, 6) is -0.537. The number of fused-ring (bicyclic) bond motifs is 1. The van der Waals surface area contributed by atoms with Crippen molar-refractivity contribution < 1.29 is 9.59 Å². The number of carbonyl (C=O) groups excluding carboxylic acids is 2. The van der Waals surface area contributed by atoms with Crippen molar-refractivity contribution in [1.82, 2.24) is 5.32 Å². The normalized spacial score (nSPS) is 18.6. The summed E-state index contributed by atoms with van der Waals surface area (Å²) >= 11 is 0. The molecule has 0 fully saturated rings. The molecule has 2 amide bonds. The number of hydrogen-bond acceptors (Lipinski definition) is 2. The van der Waals surface area contributed by atoms with Gasteiger partial charge in [-0.2, -0.15) is 0 Å². The minimum Gasteiger partial charge on any atom is -0.356 e. The van der Waals surface area contributed by atoms with Gasteiger partial charge in [-0.1, -0.05) is 18.2 Å². The third-order valence-corrected chi connectivity index (χ3v) is 2.67. The van der Waals surface area contributed by atoms with Gasteiger partial charge in [0.25, 0.3) is 0 Å². The van der Waals surface area contributed by atoms with E-state index in [0.29, 0.717) is 6.54 Å². The molecule has 2 N–H and O–H groups in total. The maximum absolute atomic E-state index is 11.8. The van der Waals surface area contributed by atoms with Gasteiger partial charge < -0.3 is 10.6 Å². The molecule has 16 heavy (non-hydrogen) atoms. The Balaban J connectivity index is 2.33. The molecule has 4 heteroatoms. The van der Waals surface area contributed by atoms with Crippen molar-refractivity contribution in [3.05, 3.63) is 29.8 Å². The molecule has 1 aromatic carbocycles. The smallest absolute Gasteiger partial charge is 0.228 e. The number of hydrogen-bond donors (Lipinski definition) is 2. The zero-order valence-electron chi connectivity index (χ0n) is 9.12. The molecule has 0 saturated carbocycles. The van der Waals surface area contributed by atoms with Gasteiger partial charge in [-0.15, -0.1) is 0 Å². The van der Waals surface area contributed by atoms with Crippen molar-refractivity contribution in [2.75, 3.05) is 11.9 Å². The number of rotatable bonds is 2. The second kappa shape index (κ2) is 4.35. The number of nitrogens with one attached hydrogen (secondary N) is 2. The average Bonchev–Trinajstić information content (AvgIpc) is 2.28. The fourth-order valence-corrected chi connectivity index (χ4v) is 1.94. The van der Waals surface area contributed by atoms with Gasteiger partial charge in [-0.3, -0.25) is 9.59 Å². The Bertz CT molecular complexity index is 429. The Hall–Kier alpha value is -1.84. The molecule has 1 unspecified atom stereocenters. The number of carbonyl (C=O) groups is 2. The summed E-state index contributed by atoms with van der Waals surface area (Å²) in [4.78, 5) is 23.3. The van der Waals surface area contributed by atoms with E-state index in [9.17, 15) is 9.59 Å². The Labute approximate surface area is 94.0 Å². The molecule has 1 heterocycles. The Morgan fingerprint density at radius 3 is 3.00 bits per heavy atom. The lowest BCUT2D eigenvalue weighted by Gasteiger charge is -2.24. The van der Waals surface area contributed by atoms with Crippen LogP contribution in [0.25, 0.3) is 0 Å². The number of anilines is 1. The van der Waals surface area contributed by atoms with Crippen LogP contribution in [0.5, 0.6) is 0 Å². The monoisotopic (exact) mass is 218 g/mol.